The molecule has 1 aromatic carbocycles. The van der Waals surface area contributed by atoms with E-state index in [1.165, 1.54) is 6.42 Å². The Kier molecular flexibility index (Phi) is 5.25. The monoisotopic (exact) mass is 345 g/mol. The van der Waals surface area contributed by atoms with Crippen molar-refractivity contribution in [3.8, 4) is 0 Å². The molecule has 104 valence electrons. The molecule has 1 unspecified atom stereocenters. The van der Waals surface area contributed by atoms with Gasteiger partial charge in [-0.1, -0.05) is 11.6 Å². The maximum absolute atomic E-state index is 12.4. The Labute approximate surface area is 127 Å². The van der Waals surface area contributed by atoms with E-state index in [1.54, 1.807) is 30.1 Å². The summed E-state index contributed by atoms with van der Waals surface area (Å²) >= 11 is 9.33. The van der Waals surface area contributed by atoms with E-state index < -0.39 is 0 Å². The van der Waals surface area contributed by atoms with Gasteiger partial charge in [0.2, 0.25) is 0 Å². The third-order valence-electron chi connectivity index (χ3n) is 3.26. The Bertz CT molecular complexity index is 461. The largest absolute Gasteiger partial charge is 0.376 e. The van der Waals surface area contributed by atoms with Gasteiger partial charge in [-0.15, -0.1) is 0 Å². The zero-order valence-corrected chi connectivity index (χ0v) is 13.2. The number of carbonyl (C=O) groups is 1. The topological polar surface area (TPSA) is 29.5 Å². The van der Waals surface area contributed by atoms with Crippen molar-refractivity contribution in [1.29, 1.82) is 0 Å². The van der Waals surface area contributed by atoms with Crippen LogP contribution in [-0.4, -0.2) is 37.1 Å². The molecule has 0 saturated carbocycles. The minimum atomic E-state index is -0.0384. The summed E-state index contributed by atoms with van der Waals surface area (Å²) in [5, 5.41) is 0.564. The minimum absolute atomic E-state index is 0.0384. The van der Waals surface area contributed by atoms with Crippen LogP contribution in [0.25, 0.3) is 0 Å². The molecule has 5 heteroatoms. The third kappa shape index (κ3) is 3.94. The number of ether oxygens (including phenoxy) is 1. The van der Waals surface area contributed by atoms with Crippen LogP contribution in [0.2, 0.25) is 5.02 Å². The summed E-state index contributed by atoms with van der Waals surface area (Å²) in [5.74, 6) is -0.0384. The van der Waals surface area contributed by atoms with E-state index in [4.69, 9.17) is 16.3 Å². The van der Waals surface area contributed by atoms with Gasteiger partial charge in [0.25, 0.3) is 5.91 Å². The Hall–Kier alpha value is -0.580. The Morgan fingerprint density at radius 3 is 3.00 bits per heavy atom. The lowest BCUT2D eigenvalue weighted by Crippen LogP contribution is -2.37. The summed E-state index contributed by atoms with van der Waals surface area (Å²) in [4.78, 5) is 14.1. The molecule has 19 heavy (non-hydrogen) atoms. The van der Waals surface area contributed by atoms with E-state index in [1.807, 2.05) is 0 Å². The standard InChI is InChI=1S/C14H17BrClNO2/c1-17(9-11-4-2-3-7-19-11)14(18)12-8-10(16)5-6-13(12)15/h5-6,8,11H,2-4,7,9H2,1H3. The molecule has 0 spiro atoms. The quantitative estimate of drug-likeness (QED) is 0.834. The van der Waals surface area contributed by atoms with Crippen molar-refractivity contribution in [3.63, 3.8) is 0 Å². The van der Waals surface area contributed by atoms with Gasteiger partial charge in [0, 0.05) is 29.7 Å². The van der Waals surface area contributed by atoms with Crippen LogP contribution in [-0.2, 0) is 4.74 Å². The first-order chi connectivity index (χ1) is 9.08. The average Bonchev–Trinajstić information content (AvgIpc) is 2.42. The summed E-state index contributed by atoms with van der Waals surface area (Å²) in [5.41, 5.74) is 0.589. The van der Waals surface area contributed by atoms with E-state index in [2.05, 4.69) is 15.9 Å². The summed E-state index contributed by atoms with van der Waals surface area (Å²) in [6, 6.07) is 5.24. The average molecular weight is 347 g/mol. The van der Waals surface area contributed by atoms with Crippen LogP contribution in [0.4, 0.5) is 0 Å². The van der Waals surface area contributed by atoms with Gasteiger partial charge < -0.3 is 9.64 Å². The zero-order chi connectivity index (χ0) is 13.8. The number of rotatable bonds is 3. The molecular weight excluding hydrogens is 330 g/mol. The highest BCUT2D eigenvalue weighted by Gasteiger charge is 2.21. The molecule has 0 bridgehead atoms. The molecule has 0 aliphatic carbocycles. The molecule has 0 aromatic heterocycles. The molecule has 1 saturated heterocycles. The predicted octanol–water partition coefficient (Wildman–Crippen LogP) is 3.74. The summed E-state index contributed by atoms with van der Waals surface area (Å²) in [6.07, 6.45) is 3.47. The first-order valence-electron chi connectivity index (χ1n) is 6.40. The lowest BCUT2D eigenvalue weighted by Gasteiger charge is -2.27. The van der Waals surface area contributed by atoms with Gasteiger partial charge in [0.05, 0.1) is 11.7 Å². The highest BCUT2D eigenvalue weighted by Crippen LogP contribution is 2.23. The van der Waals surface area contributed by atoms with E-state index in [9.17, 15) is 4.79 Å². The predicted molar refractivity (Wildman–Crippen MR) is 79.7 cm³/mol. The van der Waals surface area contributed by atoms with Crippen LogP contribution in [0.1, 0.15) is 29.6 Å². The highest BCUT2D eigenvalue weighted by atomic mass is 79.9. The fourth-order valence-corrected chi connectivity index (χ4v) is 2.80. The Balaban J connectivity index is 2.03. The molecule has 0 N–H and O–H groups in total. The van der Waals surface area contributed by atoms with Crippen molar-refractivity contribution in [3.05, 3.63) is 33.3 Å². The van der Waals surface area contributed by atoms with Gasteiger partial charge >= 0.3 is 0 Å². The molecule has 1 heterocycles. The van der Waals surface area contributed by atoms with Gasteiger partial charge in [-0.3, -0.25) is 4.79 Å². The van der Waals surface area contributed by atoms with Gasteiger partial charge in [-0.2, -0.15) is 0 Å². The second-order valence-electron chi connectivity index (χ2n) is 4.80. The van der Waals surface area contributed by atoms with Gasteiger partial charge in [0.1, 0.15) is 0 Å². The first-order valence-corrected chi connectivity index (χ1v) is 7.57. The normalized spacial score (nSPS) is 19.2. The van der Waals surface area contributed by atoms with Crippen LogP contribution in [0, 0.1) is 0 Å². The molecular formula is C14H17BrClNO2. The van der Waals surface area contributed by atoms with Crippen molar-refractivity contribution in [2.24, 2.45) is 0 Å². The number of benzene rings is 1. The summed E-state index contributed by atoms with van der Waals surface area (Å²) in [6.45, 7) is 1.42. The maximum atomic E-state index is 12.4. The number of likely N-dealkylation sites (N-methyl/N-ethyl adjacent to an activating group) is 1. The minimum Gasteiger partial charge on any atom is -0.376 e. The summed E-state index contributed by atoms with van der Waals surface area (Å²) < 4.78 is 6.42. The molecule has 1 aromatic rings. The number of hydrogen-bond acceptors (Lipinski definition) is 2. The van der Waals surface area contributed by atoms with Crippen LogP contribution in [0.15, 0.2) is 22.7 Å². The molecule has 3 nitrogen and oxygen atoms in total. The fourth-order valence-electron chi connectivity index (χ4n) is 2.21. The molecule has 1 aliphatic rings. The SMILES string of the molecule is CN(CC1CCCCO1)C(=O)c1cc(Cl)ccc1Br. The Morgan fingerprint density at radius 1 is 1.53 bits per heavy atom. The second kappa shape index (κ2) is 6.73. The van der Waals surface area contributed by atoms with Crippen molar-refractivity contribution in [2.75, 3.05) is 20.2 Å². The van der Waals surface area contributed by atoms with Gasteiger partial charge in [-0.25, -0.2) is 0 Å². The zero-order valence-electron chi connectivity index (χ0n) is 10.9. The second-order valence-corrected chi connectivity index (χ2v) is 6.09. The van der Waals surface area contributed by atoms with Crippen LogP contribution < -0.4 is 0 Å². The first kappa shape index (κ1) is 14.8. The number of carbonyl (C=O) groups excluding carboxylic acids is 1. The number of halogens is 2. The highest BCUT2D eigenvalue weighted by molar-refractivity contribution is 9.10. The van der Waals surface area contributed by atoms with E-state index in [0.717, 1.165) is 23.9 Å². The lowest BCUT2D eigenvalue weighted by atomic mass is 10.1. The van der Waals surface area contributed by atoms with Crippen molar-refractivity contribution >= 4 is 33.4 Å². The molecule has 1 fully saturated rings. The third-order valence-corrected chi connectivity index (χ3v) is 4.18. The Morgan fingerprint density at radius 2 is 2.32 bits per heavy atom. The fraction of sp³-hybridized carbons (Fsp3) is 0.500. The molecule has 1 atom stereocenters. The van der Waals surface area contributed by atoms with Crippen molar-refractivity contribution in [1.82, 2.24) is 4.90 Å². The number of hydrogen-bond donors (Lipinski definition) is 0. The van der Waals surface area contributed by atoms with E-state index in [0.29, 0.717) is 17.1 Å². The van der Waals surface area contributed by atoms with Crippen molar-refractivity contribution < 1.29 is 9.53 Å². The lowest BCUT2D eigenvalue weighted by molar-refractivity contribution is -0.000203. The maximum Gasteiger partial charge on any atom is 0.254 e. The van der Waals surface area contributed by atoms with Crippen LogP contribution in [0.3, 0.4) is 0 Å². The van der Waals surface area contributed by atoms with E-state index in [-0.39, 0.29) is 12.0 Å². The van der Waals surface area contributed by atoms with Crippen LogP contribution >= 0.6 is 27.5 Å². The summed E-state index contributed by atoms with van der Waals surface area (Å²) in [7, 11) is 1.80. The molecule has 2 rings (SSSR count). The van der Waals surface area contributed by atoms with Gasteiger partial charge in [0.15, 0.2) is 0 Å². The molecule has 1 aliphatic heterocycles. The number of nitrogens with zero attached hydrogens (tertiary/aromatic N) is 1. The van der Waals surface area contributed by atoms with Crippen molar-refractivity contribution in [2.45, 2.75) is 25.4 Å². The van der Waals surface area contributed by atoms with Gasteiger partial charge in [-0.05, 0) is 53.4 Å². The number of amides is 1. The van der Waals surface area contributed by atoms with Crippen LogP contribution in [0.5, 0.6) is 0 Å². The molecule has 0 radical (unpaired) electrons. The van der Waals surface area contributed by atoms with E-state index >= 15 is 0 Å². The molecule has 1 amide bonds. The smallest absolute Gasteiger partial charge is 0.254 e.